The number of rotatable bonds is 3. The normalized spacial score (nSPS) is 10.1. The molecule has 5 heteroatoms. The summed E-state index contributed by atoms with van der Waals surface area (Å²) in [4.78, 5) is 11.7. The molecule has 0 fully saturated rings. The molecule has 0 atom stereocenters. The molecule has 2 aromatic rings. The first kappa shape index (κ1) is 14.4. The van der Waals surface area contributed by atoms with Crippen molar-refractivity contribution in [2.24, 2.45) is 0 Å². The Morgan fingerprint density at radius 3 is 2.55 bits per heavy atom. The van der Waals surface area contributed by atoms with Crippen LogP contribution in [0.3, 0.4) is 0 Å². The molecule has 1 aromatic heterocycles. The van der Waals surface area contributed by atoms with E-state index in [0.717, 1.165) is 21.5 Å². The van der Waals surface area contributed by atoms with Crippen molar-refractivity contribution in [3.05, 3.63) is 45.7 Å². The van der Waals surface area contributed by atoms with Crippen molar-refractivity contribution in [2.45, 2.75) is 13.8 Å². The van der Waals surface area contributed by atoms with Crippen molar-refractivity contribution in [1.82, 2.24) is 15.1 Å². The van der Waals surface area contributed by atoms with Crippen LogP contribution in [0.25, 0.3) is 5.69 Å². The zero-order chi connectivity index (χ0) is 14.7. The number of hydrogen-bond acceptors (Lipinski definition) is 2. The Labute approximate surface area is 126 Å². The Balaban J connectivity index is 2.26. The van der Waals surface area contributed by atoms with Gasteiger partial charge in [-0.15, -0.1) is 6.42 Å². The summed E-state index contributed by atoms with van der Waals surface area (Å²) in [5.41, 5.74) is 3.43. The fourth-order valence-electron chi connectivity index (χ4n) is 1.86. The van der Waals surface area contributed by atoms with E-state index in [1.807, 2.05) is 30.7 Å². The van der Waals surface area contributed by atoms with Gasteiger partial charge < -0.3 is 5.32 Å². The summed E-state index contributed by atoms with van der Waals surface area (Å²) in [7, 11) is 0. The molecule has 1 N–H and O–H groups in total. The number of halogens is 1. The number of nitrogens with one attached hydrogen (secondary N) is 1. The summed E-state index contributed by atoms with van der Waals surface area (Å²) in [5, 5.41) is 7.07. The Kier molecular flexibility index (Phi) is 4.26. The highest BCUT2D eigenvalue weighted by molar-refractivity contribution is 9.10. The van der Waals surface area contributed by atoms with E-state index in [4.69, 9.17) is 6.42 Å². The van der Waals surface area contributed by atoms with Crippen LogP contribution < -0.4 is 5.32 Å². The molecule has 1 amide bonds. The summed E-state index contributed by atoms with van der Waals surface area (Å²) in [6, 6.07) is 7.23. The Hall–Kier alpha value is -2.06. The quantitative estimate of drug-likeness (QED) is 0.879. The third-order valence-electron chi connectivity index (χ3n) is 2.93. The van der Waals surface area contributed by atoms with E-state index >= 15 is 0 Å². The third-order valence-corrected chi connectivity index (χ3v) is 4.08. The number of hydrogen-bond donors (Lipinski definition) is 1. The molecule has 0 radical (unpaired) electrons. The van der Waals surface area contributed by atoms with E-state index in [1.54, 1.807) is 12.1 Å². The lowest BCUT2D eigenvalue weighted by Crippen LogP contribution is -2.23. The number of amides is 1. The van der Waals surface area contributed by atoms with Gasteiger partial charge in [-0.05, 0) is 54.0 Å². The number of terminal acetylenes is 1. The average Bonchev–Trinajstić information content (AvgIpc) is 2.72. The average molecular weight is 332 g/mol. The molecule has 1 heterocycles. The maximum absolute atomic E-state index is 11.7. The van der Waals surface area contributed by atoms with Gasteiger partial charge in [-0.3, -0.25) is 4.79 Å². The Morgan fingerprint density at radius 1 is 1.40 bits per heavy atom. The smallest absolute Gasteiger partial charge is 0.252 e. The highest BCUT2D eigenvalue weighted by Crippen LogP contribution is 2.23. The van der Waals surface area contributed by atoms with Gasteiger partial charge in [-0.25, -0.2) is 4.68 Å². The van der Waals surface area contributed by atoms with E-state index in [1.165, 1.54) is 0 Å². The van der Waals surface area contributed by atoms with Gasteiger partial charge in [0.25, 0.3) is 5.91 Å². The summed E-state index contributed by atoms with van der Waals surface area (Å²) in [6.07, 6.45) is 5.11. The second-order valence-electron chi connectivity index (χ2n) is 4.33. The SMILES string of the molecule is C#CCNC(=O)c1ccc(-n2nc(C)c(Br)c2C)cc1. The molecule has 0 saturated heterocycles. The summed E-state index contributed by atoms with van der Waals surface area (Å²) in [6.45, 7) is 4.15. The molecule has 0 spiro atoms. The number of aromatic nitrogens is 2. The highest BCUT2D eigenvalue weighted by atomic mass is 79.9. The van der Waals surface area contributed by atoms with Crippen molar-refractivity contribution in [2.75, 3.05) is 6.54 Å². The molecule has 0 aliphatic carbocycles. The van der Waals surface area contributed by atoms with Crippen LogP contribution in [0.4, 0.5) is 0 Å². The third kappa shape index (κ3) is 2.75. The molecule has 0 unspecified atom stereocenters. The fourth-order valence-corrected chi connectivity index (χ4v) is 2.11. The first-order chi connectivity index (χ1) is 9.54. The minimum atomic E-state index is -0.177. The van der Waals surface area contributed by atoms with Crippen LogP contribution in [-0.2, 0) is 0 Å². The minimum Gasteiger partial charge on any atom is -0.341 e. The van der Waals surface area contributed by atoms with Crippen molar-refractivity contribution in [3.8, 4) is 18.0 Å². The van der Waals surface area contributed by atoms with Gasteiger partial charge in [-0.2, -0.15) is 5.10 Å². The van der Waals surface area contributed by atoms with E-state index in [9.17, 15) is 4.79 Å². The van der Waals surface area contributed by atoms with Crippen LogP contribution in [0.1, 0.15) is 21.7 Å². The molecule has 0 aliphatic rings. The largest absolute Gasteiger partial charge is 0.341 e. The fraction of sp³-hybridized carbons (Fsp3) is 0.200. The van der Waals surface area contributed by atoms with Crippen LogP contribution in [0.15, 0.2) is 28.7 Å². The van der Waals surface area contributed by atoms with Crippen molar-refractivity contribution >= 4 is 21.8 Å². The number of carbonyl (C=O) groups is 1. The molecule has 0 bridgehead atoms. The number of nitrogens with zero attached hydrogens (tertiary/aromatic N) is 2. The van der Waals surface area contributed by atoms with Crippen LogP contribution in [-0.4, -0.2) is 22.2 Å². The first-order valence-electron chi connectivity index (χ1n) is 6.08. The molecule has 2 rings (SSSR count). The van der Waals surface area contributed by atoms with Crippen LogP contribution in [0, 0.1) is 26.2 Å². The zero-order valence-corrected chi connectivity index (χ0v) is 12.9. The summed E-state index contributed by atoms with van der Waals surface area (Å²) < 4.78 is 2.83. The first-order valence-corrected chi connectivity index (χ1v) is 6.87. The Bertz CT molecular complexity index is 680. The van der Waals surface area contributed by atoms with Crippen molar-refractivity contribution in [1.29, 1.82) is 0 Å². The molecule has 4 nitrogen and oxygen atoms in total. The monoisotopic (exact) mass is 331 g/mol. The van der Waals surface area contributed by atoms with E-state index in [0.29, 0.717) is 5.56 Å². The van der Waals surface area contributed by atoms with Gasteiger partial charge in [0.05, 0.1) is 28.1 Å². The van der Waals surface area contributed by atoms with Crippen molar-refractivity contribution < 1.29 is 4.79 Å². The maximum atomic E-state index is 11.7. The number of carbonyl (C=O) groups excluding carboxylic acids is 1. The van der Waals surface area contributed by atoms with Crippen LogP contribution in [0.5, 0.6) is 0 Å². The summed E-state index contributed by atoms with van der Waals surface area (Å²) >= 11 is 3.50. The second kappa shape index (κ2) is 5.93. The summed E-state index contributed by atoms with van der Waals surface area (Å²) in [5.74, 6) is 2.19. The van der Waals surface area contributed by atoms with Gasteiger partial charge in [0, 0.05) is 5.56 Å². The van der Waals surface area contributed by atoms with Gasteiger partial charge in [0.1, 0.15) is 0 Å². The molecule has 1 aromatic carbocycles. The predicted molar refractivity (Wildman–Crippen MR) is 81.9 cm³/mol. The van der Waals surface area contributed by atoms with Crippen molar-refractivity contribution in [3.63, 3.8) is 0 Å². The van der Waals surface area contributed by atoms with E-state index in [-0.39, 0.29) is 12.5 Å². The predicted octanol–water partition coefficient (Wildman–Crippen LogP) is 2.61. The lowest BCUT2D eigenvalue weighted by molar-refractivity contribution is 0.0958. The van der Waals surface area contributed by atoms with E-state index in [2.05, 4.69) is 32.3 Å². The van der Waals surface area contributed by atoms with Gasteiger partial charge in [0.15, 0.2) is 0 Å². The van der Waals surface area contributed by atoms with Crippen LogP contribution >= 0.6 is 15.9 Å². The minimum absolute atomic E-state index is 0.177. The molecule has 0 saturated carbocycles. The zero-order valence-electron chi connectivity index (χ0n) is 11.3. The topological polar surface area (TPSA) is 46.9 Å². The molecular weight excluding hydrogens is 318 g/mol. The van der Waals surface area contributed by atoms with E-state index < -0.39 is 0 Å². The van der Waals surface area contributed by atoms with Gasteiger partial charge in [-0.1, -0.05) is 5.92 Å². The molecule has 0 aliphatic heterocycles. The number of benzene rings is 1. The molecule has 20 heavy (non-hydrogen) atoms. The maximum Gasteiger partial charge on any atom is 0.252 e. The standard InChI is InChI=1S/C15H14BrN3O/c1-4-9-17-15(20)12-5-7-13(8-6-12)19-11(3)14(16)10(2)18-19/h1,5-8H,9H2,2-3H3,(H,17,20). The molecular formula is C15H14BrN3O. The number of aryl methyl sites for hydroxylation is 1. The lowest BCUT2D eigenvalue weighted by atomic mass is 10.2. The van der Waals surface area contributed by atoms with Crippen LogP contribution in [0.2, 0.25) is 0 Å². The Morgan fingerprint density at radius 2 is 2.05 bits per heavy atom. The van der Waals surface area contributed by atoms with Gasteiger partial charge >= 0.3 is 0 Å². The second-order valence-corrected chi connectivity index (χ2v) is 5.12. The lowest BCUT2D eigenvalue weighted by Gasteiger charge is -2.06. The molecule has 102 valence electrons. The van der Waals surface area contributed by atoms with Gasteiger partial charge in [0.2, 0.25) is 0 Å². The highest BCUT2D eigenvalue weighted by Gasteiger charge is 2.11.